The van der Waals surface area contributed by atoms with Crippen molar-refractivity contribution in [3.05, 3.63) is 28.2 Å². The number of benzene rings is 1. The Labute approximate surface area is 129 Å². The molecule has 0 aromatic heterocycles. The Hall–Kier alpha value is -1.50. The van der Waals surface area contributed by atoms with Crippen LogP contribution < -0.4 is 10.2 Å². The highest BCUT2D eigenvalue weighted by atomic mass is 79.9. The zero-order valence-corrected chi connectivity index (χ0v) is 13.4. The number of nitrogens with zero attached hydrogens (tertiary/aromatic N) is 1. The van der Waals surface area contributed by atoms with Gasteiger partial charge in [-0.05, 0) is 42.3 Å². The second kappa shape index (κ2) is 5.36. The molecule has 1 aromatic rings. The summed E-state index contributed by atoms with van der Waals surface area (Å²) >= 11 is 2.97. The molecule has 1 fully saturated rings. The molecule has 1 aliphatic rings. The number of hydrogen-bond donors (Lipinski definition) is 1. The van der Waals surface area contributed by atoms with Crippen LogP contribution in [-0.2, 0) is 9.59 Å². The predicted octanol–water partition coefficient (Wildman–Crippen LogP) is 2.75. The molecule has 0 aliphatic carbocycles. The molecule has 1 heterocycles. The number of piperazine rings is 1. The number of halogens is 3. The summed E-state index contributed by atoms with van der Waals surface area (Å²) < 4.78 is 27.4. The van der Waals surface area contributed by atoms with E-state index in [1.54, 1.807) is 13.8 Å². The lowest BCUT2D eigenvalue weighted by Crippen LogP contribution is -2.68. The van der Waals surface area contributed by atoms with Crippen molar-refractivity contribution in [3.63, 3.8) is 0 Å². The SMILES string of the molecule is CCC1(C)NC(=O)C(C)N(c2cc(Br)c(F)cc2F)C1=O. The number of carbonyl (C=O) groups is 2. The molecule has 114 valence electrons. The van der Waals surface area contributed by atoms with E-state index in [4.69, 9.17) is 0 Å². The highest BCUT2D eigenvalue weighted by molar-refractivity contribution is 9.10. The van der Waals surface area contributed by atoms with Gasteiger partial charge in [-0.2, -0.15) is 0 Å². The van der Waals surface area contributed by atoms with E-state index >= 15 is 0 Å². The lowest BCUT2D eigenvalue weighted by molar-refractivity contribution is -0.137. The predicted molar refractivity (Wildman–Crippen MR) is 77.8 cm³/mol. The first-order chi connectivity index (χ1) is 9.71. The summed E-state index contributed by atoms with van der Waals surface area (Å²) in [6.45, 7) is 4.84. The van der Waals surface area contributed by atoms with Crippen molar-refractivity contribution in [2.24, 2.45) is 0 Å². The van der Waals surface area contributed by atoms with Gasteiger partial charge in [-0.15, -0.1) is 0 Å². The molecule has 0 spiro atoms. The van der Waals surface area contributed by atoms with Crippen LogP contribution in [0, 0.1) is 11.6 Å². The molecule has 4 nitrogen and oxygen atoms in total. The van der Waals surface area contributed by atoms with Gasteiger partial charge in [-0.1, -0.05) is 6.92 Å². The van der Waals surface area contributed by atoms with Crippen LogP contribution in [0.5, 0.6) is 0 Å². The van der Waals surface area contributed by atoms with Crippen LogP contribution in [0.25, 0.3) is 0 Å². The minimum Gasteiger partial charge on any atom is -0.340 e. The first-order valence-electron chi connectivity index (χ1n) is 6.51. The van der Waals surface area contributed by atoms with E-state index in [1.807, 2.05) is 0 Å². The number of carbonyl (C=O) groups excluding carboxylic acids is 2. The number of amides is 2. The summed E-state index contributed by atoms with van der Waals surface area (Å²) in [6, 6.07) is 0.993. The summed E-state index contributed by atoms with van der Waals surface area (Å²) in [4.78, 5) is 25.8. The molecule has 0 radical (unpaired) electrons. The molecule has 0 saturated carbocycles. The quantitative estimate of drug-likeness (QED) is 0.824. The molecule has 2 atom stereocenters. The normalized spacial score (nSPS) is 26.0. The van der Waals surface area contributed by atoms with Gasteiger partial charge < -0.3 is 5.32 Å². The summed E-state index contributed by atoms with van der Waals surface area (Å²) in [7, 11) is 0. The van der Waals surface area contributed by atoms with E-state index in [0.29, 0.717) is 12.5 Å². The molecule has 1 N–H and O–H groups in total. The van der Waals surface area contributed by atoms with Crippen LogP contribution in [0.2, 0.25) is 0 Å². The Kier molecular flexibility index (Phi) is 4.06. The molecule has 1 aliphatic heterocycles. The van der Waals surface area contributed by atoms with Crippen molar-refractivity contribution < 1.29 is 18.4 Å². The van der Waals surface area contributed by atoms with E-state index in [2.05, 4.69) is 21.2 Å². The van der Waals surface area contributed by atoms with Crippen molar-refractivity contribution in [1.82, 2.24) is 5.32 Å². The van der Waals surface area contributed by atoms with Crippen molar-refractivity contribution in [3.8, 4) is 0 Å². The third-order valence-electron chi connectivity index (χ3n) is 3.81. The minimum absolute atomic E-state index is 0.0306. The molecule has 2 amide bonds. The molecule has 2 unspecified atom stereocenters. The summed E-state index contributed by atoms with van der Waals surface area (Å²) in [5, 5.41) is 2.65. The third kappa shape index (κ3) is 2.54. The van der Waals surface area contributed by atoms with Gasteiger partial charge in [0.05, 0.1) is 10.2 Å². The van der Waals surface area contributed by atoms with E-state index in [1.165, 1.54) is 13.0 Å². The molecule has 0 bridgehead atoms. The summed E-state index contributed by atoms with van der Waals surface area (Å²) in [6.07, 6.45) is 0.366. The summed E-state index contributed by atoms with van der Waals surface area (Å²) in [5.41, 5.74) is -1.22. The highest BCUT2D eigenvalue weighted by Crippen LogP contribution is 2.32. The van der Waals surface area contributed by atoms with E-state index in [0.717, 1.165) is 4.90 Å². The number of hydrogen-bond acceptors (Lipinski definition) is 2. The van der Waals surface area contributed by atoms with E-state index in [-0.39, 0.29) is 16.1 Å². The molecule has 21 heavy (non-hydrogen) atoms. The standard InChI is InChI=1S/C14H15BrF2N2O2/c1-4-14(3)13(21)19(7(2)12(20)18-14)11-5-8(15)9(16)6-10(11)17/h5-7H,4H2,1-3H3,(H,18,20). The fourth-order valence-electron chi connectivity index (χ4n) is 2.24. The summed E-state index contributed by atoms with van der Waals surface area (Å²) in [5.74, 6) is -2.45. The molecular weight excluding hydrogens is 346 g/mol. The van der Waals surface area contributed by atoms with Crippen LogP contribution in [-0.4, -0.2) is 23.4 Å². The highest BCUT2D eigenvalue weighted by Gasteiger charge is 2.46. The van der Waals surface area contributed by atoms with Crippen molar-refractivity contribution in [1.29, 1.82) is 0 Å². The molecule has 7 heteroatoms. The van der Waals surface area contributed by atoms with Gasteiger partial charge >= 0.3 is 0 Å². The maximum Gasteiger partial charge on any atom is 0.253 e. The Bertz CT molecular complexity index is 623. The Balaban J connectivity index is 2.57. The largest absolute Gasteiger partial charge is 0.340 e. The van der Waals surface area contributed by atoms with Crippen LogP contribution >= 0.6 is 15.9 Å². The molecular formula is C14H15BrF2N2O2. The van der Waals surface area contributed by atoms with E-state index in [9.17, 15) is 18.4 Å². The molecule has 1 aromatic carbocycles. The van der Waals surface area contributed by atoms with Crippen molar-refractivity contribution >= 4 is 33.4 Å². The molecule has 2 rings (SSSR count). The van der Waals surface area contributed by atoms with Crippen molar-refractivity contribution in [2.75, 3.05) is 4.90 Å². The fourth-order valence-corrected chi connectivity index (χ4v) is 2.57. The van der Waals surface area contributed by atoms with Gasteiger partial charge in [-0.25, -0.2) is 8.78 Å². The van der Waals surface area contributed by atoms with Gasteiger partial charge in [0, 0.05) is 6.07 Å². The topological polar surface area (TPSA) is 49.4 Å². The van der Waals surface area contributed by atoms with Crippen LogP contribution in [0.3, 0.4) is 0 Å². The Morgan fingerprint density at radius 1 is 1.33 bits per heavy atom. The second-order valence-corrected chi connectivity index (χ2v) is 6.10. The smallest absolute Gasteiger partial charge is 0.253 e. The second-order valence-electron chi connectivity index (χ2n) is 5.24. The Morgan fingerprint density at radius 3 is 2.52 bits per heavy atom. The van der Waals surface area contributed by atoms with Gasteiger partial charge in [0.15, 0.2) is 0 Å². The zero-order chi connectivity index (χ0) is 15.9. The first-order valence-corrected chi connectivity index (χ1v) is 7.30. The van der Waals surface area contributed by atoms with E-state index < -0.39 is 29.1 Å². The zero-order valence-electron chi connectivity index (χ0n) is 11.8. The third-order valence-corrected chi connectivity index (χ3v) is 4.42. The van der Waals surface area contributed by atoms with Gasteiger partial charge in [0.25, 0.3) is 5.91 Å². The monoisotopic (exact) mass is 360 g/mol. The number of rotatable bonds is 2. The lowest BCUT2D eigenvalue weighted by Gasteiger charge is -2.43. The Morgan fingerprint density at radius 2 is 1.95 bits per heavy atom. The maximum atomic E-state index is 14.1. The first kappa shape index (κ1) is 15.9. The van der Waals surface area contributed by atoms with Gasteiger partial charge in [0.2, 0.25) is 5.91 Å². The lowest BCUT2D eigenvalue weighted by atomic mass is 9.91. The van der Waals surface area contributed by atoms with Crippen molar-refractivity contribution in [2.45, 2.75) is 38.8 Å². The minimum atomic E-state index is -1.10. The van der Waals surface area contributed by atoms with Crippen LogP contribution in [0.1, 0.15) is 27.2 Å². The average Bonchev–Trinajstić information content (AvgIpc) is 2.42. The fraction of sp³-hybridized carbons (Fsp3) is 0.429. The average molecular weight is 361 g/mol. The number of nitrogens with one attached hydrogen (secondary N) is 1. The van der Waals surface area contributed by atoms with Crippen LogP contribution in [0.4, 0.5) is 14.5 Å². The van der Waals surface area contributed by atoms with Gasteiger partial charge in [-0.3, -0.25) is 14.5 Å². The van der Waals surface area contributed by atoms with Crippen LogP contribution in [0.15, 0.2) is 16.6 Å². The molecule has 1 saturated heterocycles. The number of anilines is 1. The maximum absolute atomic E-state index is 14.1. The van der Waals surface area contributed by atoms with Gasteiger partial charge in [0.1, 0.15) is 23.2 Å².